The van der Waals surface area contributed by atoms with E-state index in [1.807, 2.05) is 13.8 Å². The van der Waals surface area contributed by atoms with Crippen LogP contribution in [0, 0.1) is 13.8 Å². The third-order valence-corrected chi connectivity index (χ3v) is 7.62. The second kappa shape index (κ2) is 7.88. The van der Waals surface area contributed by atoms with Crippen LogP contribution in [0.15, 0.2) is 82.6 Å². The number of rotatable bonds is 6. The maximum atomic E-state index is 12.9. The lowest BCUT2D eigenvalue weighted by atomic mass is 10.1. The van der Waals surface area contributed by atoms with E-state index in [9.17, 15) is 16.8 Å². The fourth-order valence-electron chi connectivity index (χ4n) is 2.64. The Labute approximate surface area is 171 Å². The molecule has 0 fully saturated rings. The van der Waals surface area contributed by atoms with E-state index >= 15 is 0 Å². The topological polar surface area (TPSA) is 80.8 Å². The van der Waals surface area contributed by atoms with Gasteiger partial charge in [-0.05, 0) is 73.5 Å². The lowest BCUT2D eigenvalue weighted by molar-refractivity contribution is 0.486. The molecule has 0 heterocycles. The highest BCUT2D eigenvalue weighted by Gasteiger charge is 2.22. The third kappa shape index (κ3) is 4.44. The van der Waals surface area contributed by atoms with Crippen LogP contribution in [0.2, 0.25) is 0 Å². The number of hydrogen-bond acceptors (Lipinski definition) is 5. The fourth-order valence-corrected chi connectivity index (χ4v) is 4.88. The molecule has 0 saturated heterocycles. The van der Waals surface area contributed by atoms with Crippen molar-refractivity contribution in [1.82, 2.24) is 0 Å². The van der Waals surface area contributed by atoms with E-state index in [1.165, 1.54) is 43.4 Å². The molecule has 0 spiro atoms. The standard InChI is InChI=1S/C21H21NO5S2/c1-16-9-14-21(15-17(16)2)28(23,24)22(3)18-10-12-19(13-11-18)27-29(25,26)20-7-5-4-6-8-20/h4-15H,1-3H3. The van der Waals surface area contributed by atoms with Gasteiger partial charge in [-0.2, -0.15) is 8.42 Å². The van der Waals surface area contributed by atoms with Crippen LogP contribution in [0.4, 0.5) is 5.69 Å². The molecular formula is C21H21NO5S2. The highest BCUT2D eigenvalue weighted by atomic mass is 32.2. The minimum Gasteiger partial charge on any atom is -0.379 e. The van der Waals surface area contributed by atoms with Gasteiger partial charge in [0.25, 0.3) is 10.0 Å². The maximum Gasteiger partial charge on any atom is 0.339 e. The summed E-state index contributed by atoms with van der Waals surface area (Å²) in [5.41, 5.74) is 2.27. The number of anilines is 1. The van der Waals surface area contributed by atoms with E-state index in [0.717, 1.165) is 15.4 Å². The molecule has 0 saturated carbocycles. The van der Waals surface area contributed by atoms with Crippen LogP contribution >= 0.6 is 0 Å². The Balaban J connectivity index is 1.83. The number of benzene rings is 3. The minimum atomic E-state index is -3.96. The van der Waals surface area contributed by atoms with Gasteiger partial charge in [0.15, 0.2) is 0 Å². The summed E-state index contributed by atoms with van der Waals surface area (Å²) in [5, 5.41) is 0. The van der Waals surface area contributed by atoms with Gasteiger partial charge >= 0.3 is 10.1 Å². The summed E-state index contributed by atoms with van der Waals surface area (Å²) in [4.78, 5) is 0.230. The molecule has 0 aromatic heterocycles. The molecule has 0 N–H and O–H groups in total. The Morgan fingerprint density at radius 3 is 1.93 bits per heavy atom. The quantitative estimate of drug-likeness (QED) is 0.553. The molecule has 0 atom stereocenters. The predicted molar refractivity (Wildman–Crippen MR) is 112 cm³/mol. The first-order chi connectivity index (χ1) is 13.6. The summed E-state index contributed by atoms with van der Waals surface area (Å²) in [5.74, 6) is 0.0922. The van der Waals surface area contributed by atoms with Crippen LogP contribution in [0.1, 0.15) is 11.1 Å². The Hall–Kier alpha value is -2.84. The van der Waals surface area contributed by atoms with E-state index in [4.69, 9.17) is 4.18 Å². The molecule has 0 bridgehead atoms. The molecule has 0 unspecified atom stereocenters. The Bertz CT molecular complexity index is 1220. The van der Waals surface area contributed by atoms with Crippen molar-refractivity contribution in [2.24, 2.45) is 0 Å². The molecule has 0 radical (unpaired) electrons. The Morgan fingerprint density at radius 1 is 0.724 bits per heavy atom. The van der Waals surface area contributed by atoms with Gasteiger partial charge in [-0.25, -0.2) is 8.42 Å². The summed E-state index contributed by atoms with van der Waals surface area (Å²) in [6, 6.07) is 18.6. The zero-order chi connectivity index (χ0) is 21.2. The van der Waals surface area contributed by atoms with Crippen molar-refractivity contribution in [3.8, 4) is 5.75 Å². The minimum absolute atomic E-state index is 0.0403. The van der Waals surface area contributed by atoms with Gasteiger partial charge in [0.2, 0.25) is 0 Å². The van der Waals surface area contributed by atoms with Crippen LogP contribution in [0.25, 0.3) is 0 Å². The van der Waals surface area contributed by atoms with E-state index in [0.29, 0.717) is 5.69 Å². The van der Waals surface area contributed by atoms with Crippen molar-refractivity contribution < 1.29 is 21.0 Å². The average Bonchev–Trinajstić information content (AvgIpc) is 2.70. The summed E-state index contributed by atoms with van der Waals surface area (Å²) in [6.07, 6.45) is 0. The zero-order valence-electron chi connectivity index (χ0n) is 16.2. The molecule has 8 heteroatoms. The SMILES string of the molecule is Cc1ccc(S(=O)(=O)N(C)c2ccc(OS(=O)(=O)c3ccccc3)cc2)cc1C. The van der Waals surface area contributed by atoms with E-state index in [1.54, 1.807) is 36.4 Å². The van der Waals surface area contributed by atoms with Gasteiger partial charge in [-0.3, -0.25) is 4.31 Å². The van der Waals surface area contributed by atoms with Gasteiger partial charge < -0.3 is 4.18 Å². The second-order valence-corrected chi connectivity index (χ2v) is 10.1. The zero-order valence-corrected chi connectivity index (χ0v) is 17.9. The van der Waals surface area contributed by atoms with E-state index < -0.39 is 20.1 Å². The molecule has 152 valence electrons. The molecule has 3 aromatic rings. The molecule has 3 rings (SSSR count). The highest BCUT2D eigenvalue weighted by molar-refractivity contribution is 7.92. The first-order valence-electron chi connectivity index (χ1n) is 8.77. The largest absolute Gasteiger partial charge is 0.379 e. The molecule has 0 aliphatic heterocycles. The van der Waals surface area contributed by atoms with Gasteiger partial charge in [0.05, 0.1) is 10.6 Å². The van der Waals surface area contributed by atoms with Crippen molar-refractivity contribution in [2.75, 3.05) is 11.4 Å². The second-order valence-electron chi connectivity index (χ2n) is 6.56. The van der Waals surface area contributed by atoms with Gasteiger partial charge in [0, 0.05) is 7.05 Å². The number of hydrogen-bond donors (Lipinski definition) is 0. The van der Waals surface area contributed by atoms with Crippen LogP contribution < -0.4 is 8.49 Å². The lowest BCUT2D eigenvalue weighted by Gasteiger charge is -2.20. The first kappa shape index (κ1) is 20.9. The maximum absolute atomic E-state index is 12.9. The summed E-state index contributed by atoms with van der Waals surface area (Å²) in [6.45, 7) is 3.77. The lowest BCUT2D eigenvalue weighted by Crippen LogP contribution is -2.26. The van der Waals surface area contributed by atoms with Gasteiger partial charge in [0.1, 0.15) is 10.6 Å². The van der Waals surface area contributed by atoms with Crippen molar-refractivity contribution in [3.63, 3.8) is 0 Å². The fraction of sp³-hybridized carbons (Fsp3) is 0.143. The van der Waals surface area contributed by atoms with E-state index in [-0.39, 0.29) is 15.5 Å². The highest BCUT2D eigenvalue weighted by Crippen LogP contribution is 2.26. The van der Waals surface area contributed by atoms with Crippen molar-refractivity contribution in [1.29, 1.82) is 0 Å². The number of aryl methyl sites for hydroxylation is 2. The smallest absolute Gasteiger partial charge is 0.339 e. The number of nitrogens with zero attached hydrogens (tertiary/aromatic N) is 1. The molecule has 3 aromatic carbocycles. The molecule has 29 heavy (non-hydrogen) atoms. The van der Waals surface area contributed by atoms with Crippen LogP contribution in [0.3, 0.4) is 0 Å². The van der Waals surface area contributed by atoms with E-state index in [2.05, 4.69) is 0 Å². The van der Waals surface area contributed by atoms with Crippen molar-refractivity contribution in [2.45, 2.75) is 23.6 Å². The molecular weight excluding hydrogens is 410 g/mol. The summed E-state index contributed by atoms with van der Waals surface area (Å²) >= 11 is 0. The Kier molecular flexibility index (Phi) is 5.68. The molecule has 6 nitrogen and oxygen atoms in total. The third-order valence-electron chi connectivity index (χ3n) is 4.57. The van der Waals surface area contributed by atoms with Crippen LogP contribution in [-0.4, -0.2) is 23.9 Å². The van der Waals surface area contributed by atoms with Gasteiger partial charge in [-0.1, -0.05) is 24.3 Å². The monoisotopic (exact) mass is 431 g/mol. The van der Waals surface area contributed by atoms with Gasteiger partial charge in [-0.15, -0.1) is 0 Å². The summed E-state index contributed by atoms with van der Waals surface area (Å²) < 4.78 is 56.6. The van der Waals surface area contributed by atoms with Crippen molar-refractivity contribution >= 4 is 25.8 Å². The number of sulfonamides is 1. The first-order valence-corrected chi connectivity index (χ1v) is 11.6. The predicted octanol–water partition coefficient (Wildman–Crippen LogP) is 3.90. The summed E-state index contributed by atoms with van der Waals surface area (Å²) in [7, 11) is -6.26. The van der Waals surface area contributed by atoms with Crippen LogP contribution in [-0.2, 0) is 20.1 Å². The van der Waals surface area contributed by atoms with Crippen molar-refractivity contribution in [3.05, 3.63) is 83.9 Å². The average molecular weight is 432 g/mol. The molecule has 0 amide bonds. The molecule has 0 aliphatic rings. The normalized spacial score (nSPS) is 11.8. The van der Waals surface area contributed by atoms with Crippen LogP contribution in [0.5, 0.6) is 5.75 Å². The molecule has 0 aliphatic carbocycles. The Morgan fingerprint density at radius 2 is 1.34 bits per heavy atom.